The number of hydrogen-bond donors (Lipinski definition) is 1. The molecule has 4 atom stereocenters. The number of likely N-dealkylation sites (tertiary alicyclic amines) is 1. The molecule has 11 heteroatoms. The third kappa shape index (κ3) is 6.93. The van der Waals surface area contributed by atoms with E-state index in [0.29, 0.717) is 36.6 Å². The number of hydrogen-bond acceptors (Lipinski definition) is 9. The first-order valence-electron chi connectivity index (χ1n) is 15.1. The van der Waals surface area contributed by atoms with Gasteiger partial charge in [-0.1, -0.05) is 24.3 Å². The van der Waals surface area contributed by atoms with Crippen LogP contribution < -0.4 is 10.1 Å². The van der Waals surface area contributed by atoms with Crippen LogP contribution in [0.15, 0.2) is 65.5 Å². The molecule has 1 saturated carbocycles. The summed E-state index contributed by atoms with van der Waals surface area (Å²) in [6.45, 7) is 2.81. The zero-order valence-corrected chi connectivity index (χ0v) is 24.5. The highest BCUT2D eigenvalue weighted by molar-refractivity contribution is 5.91. The minimum atomic E-state index is -0.528. The van der Waals surface area contributed by atoms with E-state index in [9.17, 15) is 19.2 Å². The summed E-state index contributed by atoms with van der Waals surface area (Å²) in [5.41, 5.74) is 2.54. The normalized spacial score (nSPS) is 21.2. The summed E-state index contributed by atoms with van der Waals surface area (Å²) in [6, 6.07) is 14.5. The molecule has 2 aromatic carbocycles. The fourth-order valence-electron chi connectivity index (χ4n) is 5.71. The van der Waals surface area contributed by atoms with Crippen molar-refractivity contribution in [3.8, 4) is 5.75 Å². The largest absolute Gasteiger partial charge is 0.484 e. The highest BCUT2D eigenvalue weighted by Crippen LogP contribution is 2.40. The first-order chi connectivity index (χ1) is 21.3. The third-order valence-corrected chi connectivity index (χ3v) is 8.31. The predicted octanol–water partition coefficient (Wildman–Crippen LogP) is 4.20. The number of carbonyl (C=O) groups is 4. The second-order valence-electron chi connectivity index (χ2n) is 11.7. The number of oxazole rings is 1. The van der Waals surface area contributed by atoms with E-state index in [0.717, 1.165) is 5.56 Å². The molecule has 0 bridgehead atoms. The van der Waals surface area contributed by atoms with Gasteiger partial charge in [0.25, 0.3) is 5.91 Å². The minimum absolute atomic E-state index is 0.0907. The minimum Gasteiger partial charge on any atom is -0.484 e. The number of piperidine rings is 1. The molecule has 1 aromatic heterocycles. The maximum Gasteiger partial charge on any atom is 0.338 e. The van der Waals surface area contributed by atoms with Crippen molar-refractivity contribution in [2.24, 2.45) is 5.92 Å². The van der Waals surface area contributed by atoms with Crippen molar-refractivity contribution in [1.29, 1.82) is 0 Å². The number of carbonyl (C=O) groups excluding carboxylic acids is 4. The molecule has 3 aliphatic rings. The lowest BCUT2D eigenvalue weighted by Crippen LogP contribution is -2.46. The van der Waals surface area contributed by atoms with Gasteiger partial charge in [0.05, 0.1) is 36.7 Å². The molecule has 6 rings (SSSR count). The van der Waals surface area contributed by atoms with E-state index in [-0.39, 0.29) is 37.2 Å². The lowest BCUT2D eigenvalue weighted by atomic mass is 10.00. The first kappa shape index (κ1) is 29.4. The lowest BCUT2D eigenvalue weighted by molar-refractivity contribution is -0.139. The molecule has 0 radical (unpaired) electrons. The van der Waals surface area contributed by atoms with E-state index < -0.39 is 36.0 Å². The Morgan fingerprint density at radius 3 is 2.48 bits per heavy atom. The van der Waals surface area contributed by atoms with Gasteiger partial charge < -0.3 is 28.8 Å². The standard InChI is InChI=1S/C33H35N3O8/c1-20(35-31(38)28-16-34-19-42-28)30(23-8-6-22(7-9-23)21-4-5-21)43-26-12-10-24(11-13-26)33(40)44-27-3-2-14-36(17-27)32(39)25-15-29(37)41-18-25/h6-13,16,19-21,25,27,30H,2-5,14-15,17-18H2,1H3,(H,35,38)/t20-,25+,27-,30-/m0/s1. The van der Waals surface area contributed by atoms with Crippen LogP contribution in [0.25, 0.3) is 0 Å². The quantitative estimate of drug-likeness (QED) is 0.339. The Morgan fingerprint density at radius 2 is 1.82 bits per heavy atom. The number of nitrogens with zero attached hydrogens (tertiary/aromatic N) is 2. The number of cyclic esters (lactones) is 1. The van der Waals surface area contributed by atoms with Crippen LogP contribution >= 0.6 is 0 Å². The molecule has 3 heterocycles. The lowest BCUT2D eigenvalue weighted by Gasteiger charge is -2.33. The van der Waals surface area contributed by atoms with Gasteiger partial charge in [-0.3, -0.25) is 14.4 Å². The Hall–Kier alpha value is -4.67. The molecule has 230 valence electrons. The zero-order valence-electron chi connectivity index (χ0n) is 24.5. The highest BCUT2D eigenvalue weighted by atomic mass is 16.5. The Balaban J connectivity index is 1.09. The van der Waals surface area contributed by atoms with E-state index in [4.69, 9.17) is 18.6 Å². The monoisotopic (exact) mass is 601 g/mol. The molecule has 1 aliphatic carbocycles. The second-order valence-corrected chi connectivity index (χ2v) is 11.7. The molecule has 2 amide bonds. The van der Waals surface area contributed by atoms with Crippen molar-refractivity contribution < 1.29 is 37.8 Å². The molecule has 2 saturated heterocycles. The van der Waals surface area contributed by atoms with E-state index in [2.05, 4.69) is 22.4 Å². The van der Waals surface area contributed by atoms with E-state index in [1.54, 1.807) is 29.2 Å². The molecule has 1 N–H and O–H groups in total. The zero-order chi connectivity index (χ0) is 30.6. The van der Waals surface area contributed by atoms with Gasteiger partial charge in [-0.15, -0.1) is 0 Å². The number of rotatable bonds is 10. The third-order valence-electron chi connectivity index (χ3n) is 8.31. The number of ether oxygens (including phenoxy) is 3. The van der Waals surface area contributed by atoms with Gasteiger partial charge in [-0.2, -0.15) is 0 Å². The molecule has 0 spiro atoms. The summed E-state index contributed by atoms with van der Waals surface area (Å²) in [5.74, 6) is -0.622. The van der Waals surface area contributed by atoms with Crippen LogP contribution in [0.5, 0.6) is 5.75 Å². The SMILES string of the molecule is C[C@H](NC(=O)c1cnco1)[C@H](Oc1ccc(C(=O)O[C@H]2CCCN(C(=O)[C@H]3COC(=O)C3)C2)cc1)c1ccc(C2CC2)cc1. The summed E-state index contributed by atoms with van der Waals surface area (Å²) in [4.78, 5) is 55.4. The number of benzene rings is 2. The fraction of sp³-hybridized carbons (Fsp3) is 0.424. The van der Waals surface area contributed by atoms with E-state index in [1.165, 1.54) is 31.0 Å². The van der Waals surface area contributed by atoms with Crippen molar-refractivity contribution in [3.63, 3.8) is 0 Å². The van der Waals surface area contributed by atoms with Gasteiger partial charge in [0.1, 0.15) is 24.6 Å². The van der Waals surface area contributed by atoms with Crippen LogP contribution in [-0.2, 0) is 19.1 Å². The van der Waals surface area contributed by atoms with Crippen molar-refractivity contribution in [2.75, 3.05) is 19.7 Å². The van der Waals surface area contributed by atoms with E-state index >= 15 is 0 Å². The molecule has 11 nitrogen and oxygen atoms in total. The summed E-state index contributed by atoms with van der Waals surface area (Å²) in [5, 5.41) is 2.93. The molecule has 2 aliphatic heterocycles. The van der Waals surface area contributed by atoms with Gasteiger partial charge in [0, 0.05) is 6.54 Å². The van der Waals surface area contributed by atoms with Crippen LogP contribution in [0.3, 0.4) is 0 Å². The van der Waals surface area contributed by atoms with Gasteiger partial charge in [-0.05, 0) is 73.9 Å². The first-order valence-corrected chi connectivity index (χ1v) is 15.1. The van der Waals surface area contributed by atoms with Crippen molar-refractivity contribution in [2.45, 2.75) is 63.2 Å². The van der Waals surface area contributed by atoms with E-state index in [1.807, 2.05) is 19.1 Å². The van der Waals surface area contributed by atoms with Crippen LogP contribution in [0.2, 0.25) is 0 Å². The molecule has 3 fully saturated rings. The maximum absolute atomic E-state index is 13.0. The van der Waals surface area contributed by atoms with Crippen LogP contribution in [0.4, 0.5) is 0 Å². The smallest absolute Gasteiger partial charge is 0.338 e. The van der Waals surface area contributed by atoms with Crippen LogP contribution in [-0.4, -0.2) is 65.5 Å². The second kappa shape index (κ2) is 12.9. The molecule has 44 heavy (non-hydrogen) atoms. The summed E-state index contributed by atoms with van der Waals surface area (Å²) >= 11 is 0. The summed E-state index contributed by atoms with van der Waals surface area (Å²) < 4.78 is 22.2. The predicted molar refractivity (Wildman–Crippen MR) is 156 cm³/mol. The van der Waals surface area contributed by atoms with Crippen LogP contribution in [0.1, 0.15) is 83.1 Å². The topological polar surface area (TPSA) is 137 Å². The Morgan fingerprint density at radius 1 is 1.05 bits per heavy atom. The van der Waals surface area contributed by atoms with Crippen molar-refractivity contribution in [3.05, 3.63) is 83.6 Å². The summed E-state index contributed by atoms with van der Waals surface area (Å²) in [7, 11) is 0. The average Bonchev–Trinajstić information content (AvgIpc) is 3.55. The van der Waals surface area contributed by atoms with Gasteiger partial charge in [-0.25, -0.2) is 9.78 Å². The van der Waals surface area contributed by atoms with Gasteiger partial charge in [0.2, 0.25) is 11.7 Å². The number of amides is 2. The fourth-order valence-corrected chi connectivity index (χ4v) is 5.71. The molecular weight excluding hydrogens is 566 g/mol. The van der Waals surface area contributed by atoms with Crippen molar-refractivity contribution in [1.82, 2.24) is 15.2 Å². The Labute approximate surface area is 254 Å². The Bertz CT molecular complexity index is 1480. The van der Waals surface area contributed by atoms with Crippen molar-refractivity contribution >= 4 is 23.8 Å². The highest BCUT2D eigenvalue weighted by Gasteiger charge is 2.36. The molecule has 0 unspecified atom stereocenters. The summed E-state index contributed by atoms with van der Waals surface area (Å²) in [6.07, 6.45) is 5.44. The molecular formula is C33H35N3O8. The Kier molecular flexibility index (Phi) is 8.63. The average molecular weight is 602 g/mol. The number of aromatic nitrogens is 1. The van der Waals surface area contributed by atoms with Crippen LogP contribution in [0, 0.1) is 5.92 Å². The maximum atomic E-state index is 13.0. The molecule has 3 aromatic rings. The number of esters is 2. The van der Waals surface area contributed by atoms with Gasteiger partial charge in [0.15, 0.2) is 6.39 Å². The van der Waals surface area contributed by atoms with Gasteiger partial charge >= 0.3 is 11.9 Å². The number of nitrogens with one attached hydrogen (secondary N) is 1.